The van der Waals surface area contributed by atoms with Crippen LogP contribution >= 0.6 is 0 Å². The van der Waals surface area contributed by atoms with Crippen LogP contribution in [0.15, 0.2) is 24.3 Å². The van der Waals surface area contributed by atoms with Crippen LogP contribution in [0.3, 0.4) is 0 Å². The second kappa shape index (κ2) is 6.10. The number of anilines is 1. The molecule has 1 fully saturated rings. The molecule has 0 saturated carbocycles. The van der Waals surface area contributed by atoms with Gasteiger partial charge in [0.15, 0.2) is 0 Å². The average molecular weight is 248 g/mol. The maximum absolute atomic E-state index is 5.74. The van der Waals surface area contributed by atoms with E-state index in [1.165, 1.54) is 19.4 Å². The van der Waals surface area contributed by atoms with E-state index < -0.39 is 0 Å². The van der Waals surface area contributed by atoms with Gasteiger partial charge in [-0.15, -0.1) is 0 Å². The SMILES string of the molecule is CC1CCN(CCOc2ccc(N)cc2)C(C)C1. The summed E-state index contributed by atoms with van der Waals surface area (Å²) in [6, 6.07) is 8.29. The first-order valence-electron chi connectivity index (χ1n) is 6.87. The Balaban J connectivity index is 1.73. The van der Waals surface area contributed by atoms with Gasteiger partial charge in [0, 0.05) is 18.3 Å². The number of ether oxygens (including phenoxy) is 1. The first-order valence-corrected chi connectivity index (χ1v) is 6.87. The van der Waals surface area contributed by atoms with Crippen molar-refractivity contribution in [1.82, 2.24) is 4.90 Å². The van der Waals surface area contributed by atoms with Gasteiger partial charge in [-0.05, 0) is 56.5 Å². The van der Waals surface area contributed by atoms with E-state index in [0.29, 0.717) is 6.04 Å². The Labute approximate surface area is 110 Å². The molecule has 1 aliphatic heterocycles. The standard InChI is InChI=1S/C15H24N2O/c1-12-7-8-17(13(2)11-12)9-10-18-15-5-3-14(16)4-6-15/h3-6,12-13H,7-11,16H2,1-2H3. The van der Waals surface area contributed by atoms with Gasteiger partial charge in [-0.2, -0.15) is 0 Å². The molecule has 0 spiro atoms. The van der Waals surface area contributed by atoms with E-state index in [4.69, 9.17) is 10.5 Å². The third-order valence-electron chi connectivity index (χ3n) is 3.80. The highest BCUT2D eigenvalue weighted by Gasteiger charge is 2.22. The molecular formula is C15H24N2O. The average Bonchev–Trinajstić information content (AvgIpc) is 2.34. The van der Waals surface area contributed by atoms with Gasteiger partial charge >= 0.3 is 0 Å². The molecule has 1 heterocycles. The topological polar surface area (TPSA) is 38.5 Å². The summed E-state index contributed by atoms with van der Waals surface area (Å²) in [5, 5.41) is 0. The van der Waals surface area contributed by atoms with Crippen LogP contribution in [0.2, 0.25) is 0 Å². The summed E-state index contributed by atoms with van der Waals surface area (Å²) >= 11 is 0. The lowest BCUT2D eigenvalue weighted by atomic mass is 9.93. The Bertz CT molecular complexity index is 363. The minimum Gasteiger partial charge on any atom is -0.492 e. The predicted octanol–water partition coefficient (Wildman–Crippen LogP) is 2.77. The van der Waals surface area contributed by atoms with Crippen LogP contribution in [0.5, 0.6) is 5.75 Å². The highest BCUT2D eigenvalue weighted by molar-refractivity contribution is 5.41. The molecule has 100 valence electrons. The molecule has 0 bridgehead atoms. The molecular weight excluding hydrogens is 224 g/mol. The lowest BCUT2D eigenvalue weighted by Crippen LogP contribution is -2.42. The van der Waals surface area contributed by atoms with Crippen molar-refractivity contribution in [3.63, 3.8) is 0 Å². The van der Waals surface area contributed by atoms with Crippen molar-refractivity contribution in [3.05, 3.63) is 24.3 Å². The molecule has 2 atom stereocenters. The molecule has 0 aliphatic carbocycles. The second-order valence-corrected chi connectivity index (χ2v) is 5.43. The molecule has 2 unspecified atom stereocenters. The minimum atomic E-state index is 0.684. The molecule has 2 rings (SSSR count). The highest BCUT2D eigenvalue weighted by Crippen LogP contribution is 2.21. The number of hydrogen-bond donors (Lipinski definition) is 1. The van der Waals surface area contributed by atoms with Crippen molar-refractivity contribution in [2.45, 2.75) is 32.7 Å². The summed E-state index contributed by atoms with van der Waals surface area (Å²) in [6.07, 6.45) is 2.62. The zero-order valence-corrected chi connectivity index (χ0v) is 11.4. The van der Waals surface area contributed by atoms with Crippen LogP contribution < -0.4 is 10.5 Å². The first-order chi connectivity index (χ1) is 8.65. The number of rotatable bonds is 4. The number of benzene rings is 1. The van der Waals surface area contributed by atoms with Gasteiger partial charge in [0.25, 0.3) is 0 Å². The van der Waals surface area contributed by atoms with Crippen LogP contribution in [0.25, 0.3) is 0 Å². The summed E-state index contributed by atoms with van der Waals surface area (Å²) in [4.78, 5) is 2.53. The first kappa shape index (κ1) is 13.2. The molecule has 18 heavy (non-hydrogen) atoms. The third kappa shape index (κ3) is 3.64. The van der Waals surface area contributed by atoms with Gasteiger partial charge in [-0.25, -0.2) is 0 Å². The van der Waals surface area contributed by atoms with E-state index in [0.717, 1.165) is 30.5 Å². The van der Waals surface area contributed by atoms with Gasteiger partial charge < -0.3 is 10.5 Å². The van der Waals surface area contributed by atoms with Gasteiger partial charge in [0.2, 0.25) is 0 Å². The lowest BCUT2D eigenvalue weighted by Gasteiger charge is -2.36. The van der Waals surface area contributed by atoms with Crippen molar-refractivity contribution in [2.75, 3.05) is 25.4 Å². The van der Waals surface area contributed by atoms with Crippen molar-refractivity contribution in [3.8, 4) is 5.75 Å². The van der Waals surface area contributed by atoms with Gasteiger partial charge in [0.1, 0.15) is 12.4 Å². The van der Waals surface area contributed by atoms with Crippen LogP contribution in [0.1, 0.15) is 26.7 Å². The predicted molar refractivity (Wildman–Crippen MR) is 75.8 cm³/mol. The van der Waals surface area contributed by atoms with E-state index in [2.05, 4.69) is 18.7 Å². The summed E-state index contributed by atoms with van der Waals surface area (Å²) in [5.41, 5.74) is 6.42. The quantitative estimate of drug-likeness (QED) is 0.833. The van der Waals surface area contributed by atoms with Gasteiger partial charge in [-0.3, -0.25) is 4.90 Å². The third-order valence-corrected chi connectivity index (χ3v) is 3.80. The summed E-state index contributed by atoms with van der Waals surface area (Å²) in [5.74, 6) is 1.77. The fraction of sp³-hybridized carbons (Fsp3) is 0.600. The second-order valence-electron chi connectivity index (χ2n) is 5.43. The molecule has 1 saturated heterocycles. The van der Waals surface area contributed by atoms with Gasteiger partial charge in [-0.1, -0.05) is 6.92 Å². The monoisotopic (exact) mass is 248 g/mol. The van der Waals surface area contributed by atoms with Gasteiger partial charge in [0.05, 0.1) is 0 Å². The molecule has 0 aromatic heterocycles. The maximum atomic E-state index is 5.74. The fourth-order valence-corrected chi connectivity index (χ4v) is 2.63. The Morgan fingerprint density at radius 2 is 2.00 bits per heavy atom. The summed E-state index contributed by atoms with van der Waals surface area (Å²) in [7, 11) is 0. The summed E-state index contributed by atoms with van der Waals surface area (Å²) in [6.45, 7) is 7.63. The van der Waals surface area contributed by atoms with Crippen LogP contribution in [-0.4, -0.2) is 30.6 Å². The normalized spacial score (nSPS) is 25.0. The number of piperidine rings is 1. The molecule has 3 nitrogen and oxygen atoms in total. The highest BCUT2D eigenvalue weighted by atomic mass is 16.5. The van der Waals surface area contributed by atoms with E-state index in [-0.39, 0.29) is 0 Å². The number of likely N-dealkylation sites (tertiary alicyclic amines) is 1. The fourth-order valence-electron chi connectivity index (χ4n) is 2.63. The zero-order valence-electron chi connectivity index (χ0n) is 11.4. The van der Waals surface area contributed by atoms with E-state index in [1.807, 2.05) is 24.3 Å². The zero-order chi connectivity index (χ0) is 13.0. The lowest BCUT2D eigenvalue weighted by molar-refractivity contribution is 0.109. The Morgan fingerprint density at radius 3 is 2.67 bits per heavy atom. The van der Waals surface area contributed by atoms with Crippen LogP contribution in [0, 0.1) is 5.92 Å². The van der Waals surface area contributed by atoms with E-state index in [1.54, 1.807) is 0 Å². The van der Waals surface area contributed by atoms with Crippen molar-refractivity contribution in [1.29, 1.82) is 0 Å². The minimum absolute atomic E-state index is 0.684. The number of hydrogen-bond acceptors (Lipinski definition) is 3. The number of nitrogens with two attached hydrogens (primary N) is 1. The smallest absolute Gasteiger partial charge is 0.119 e. The van der Waals surface area contributed by atoms with Crippen LogP contribution in [-0.2, 0) is 0 Å². The molecule has 1 aliphatic rings. The maximum Gasteiger partial charge on any atom is 0.119 e. The summed E-state index contributed by atoms with van der Waals surface area (Å²) < 4.78 is 5.74. The van der Waals surface area contributed by atoms with Crippen molar-refractivity contribution < 1.29 is 4.74 Å². The number of nitrogens with zero attached hydrogens (tertiary/aromatic N) is 1. The molecule has 1 aromatic carbocycles. The molecule has 0 amide bonds. The Kier molecular flexibility index (Phi) is 4.48. The Hall–Kier alpha value is -1.22. The molecule has 0 radical (unpaired) electrons. The Morgan fingerprint density at radius 1 is 1.28 bits per heavy atom. The largest absolute Gasteiger partial charge is 0.492 e. The van der Waals surface area contributed by atoms with Crippen LogP contribution in [0.4, 0.5) is 5.69 Å². The number of nitrogen functional groups attached to an aromatic ring is 1. The van der Waals surface area contributed by atoms with E-state index in [9.17, 15) is 0 Å². The van der Waals surface area contributed by atoms with Crippen molar-refractivity contribution in [2.24, 2.45) is 5.92 Å². The molecule has 3 heteroatoms. The van der Waals surface area contributed by atoms with E-state index >= 15 is 0 Å². The van der Waals surface area contributed by atoms with Crippen molar-refractivity contribution >= 4 is 5.69 Å². The molecule has 2 N–H and O–H groups in total. The molecule has 1 aromatic rings.